The predicted molar refractivity (Wildman–Crippen MR) is 71.9 cm³/mol. The lowest BCUT2D eigenvalue weighted by atomic mass is 10.1. The second-order valence-electron chi connectivity index (χ2n) is 3.65. The third-order valence-corrected chi connectivity index (χ3v) is 3.24. The Morgan fingerprint density at radius 3 is 2.56 bits per heavy atom. The van der Waals surface area contributed by atoms with Crippen LogP contribution in [0.15, 0.2) is 41.3 Å². The molecule has 0 aliphatic heterocycles. The first-order valence-corrected chi connectivity index (χ1v) is 6.84. The third-order valence-electron chi connectivity index (χ3n) is 2.39. The summed E-state index contributed by atoms with van der Waals surface area (Å²) in [7, 11) is 0. The first kappa shape index (κ1) is 13.0. The average Bonchev–Trinajstić information content (AvgIpc) is 2.35. The van der Waals surface area contributed by atoms with Crippen LogP contribution in [-0.4, -0.2) is 12.0 Å². The van der Waals surface area contributed by atoms with Crippen LogP contribution in [0.4, 0.5) is 0 Å². The number of rotatable bonds is 6. The smallest absolute Gasteiger partial charge is 0.186 e. The molecular weight excluding hydrogens is 216 g/mol. The van der Waals surface area contributed by atoms with Crippen molar-refractivity contribution in [2.75, 3.05) is 6.26 Å². The number of thioether (sulfide) groups is 1. The fourth-order valence-corrected chi connectivity index (χ4v) is 1.99. The average molecular weight is 234 g/mol. The standard InChI is InChI=1S/C14H18OS/c1-3-4-10-13(16-2)11-14(15)12-8-6-5-7-9-12/h5-9,11H,3-4,10H2,1-2H3/b13-11+. The molecule has 0 N–H and O–H groups in total. The summed E-state index contributed by atoms with van der Waals surface area (Å²) in [6.45, 7) is 2.16. The minimum Gasteiger partial charge on any atom is -0.289 e. The molecule has 0 aromatic heterocycles. The van der Waals surface area contributed by atoms with Gasteiger partial charge in [-0.15, -0.1) is 11.8 Å². The fourth-order valence-electron chi connectivity index (χ4n) is 1.42. The van der Waals surface area contributed by atoms with Crippen molar-refractivity contribution in [2.45, 2.75) is 26.2 Å². The lowest BCUT2D eigenvalue weighted by Gasteiger charge is -2.02. The summed E-state index contributed by atoms with van der Waals surface area (Å²) in [5.41, 5.74) is 0.769. The van der Waals surface area contributed by atoms with Crippen molar-refractivity contribution in [3.63, 3.8) is 0 Å². The molecule has 2 heteroatoms. The van der Waals surface area contributed by atoms with E-state index in [1.165, 1.54) is 4.91 Å². The quantitative estimate of drug-likeness (QED) is 0.539. The van der Waals surface area contributed by atoms with Gasteiger partial charge >= 0.3 is 0 Å². The minimum atomic E-state index is 0.112. The van der Waals surface area contributed by atoms with Crippen LogP contribution >= 0.6 is 11.8 Å². The maximum absolute atomic E-state index is 11.9. The van der Waals surface area contributed by atoms with E-state index in [0.717, 1.165) is 24.8 Å². The zero-order valence-electron chi connectivity index (χ0n) is 9.90. The van der Waals surface area contributed by atoms with Gasteiger partial charge in [0.15, 0.2) is 5.78 Å². The number of hydrogen-bond acceptors (Lipinski definition) is 2. The molecule has 0 aliphatic rings. The monoisotopic (exact) mass is 234 g/mol. The molecule has 0 aliphatic carbocycles. The highest BCUT2D eigenvalue weighted by Gasteiger charge is 2.03. The van der Waals surface area contributed by atoms with Gasteiger partial charge in [-0.25, -0.2) is 0 Å². The lowest BCUT2D eigenvalue weighted by molar-refractivity contribution is 0.104. The van der Waals surface area contributed by atoms with Crippen molar-refractivity contribution < 1.29 is 4.79 Å². The van der Waals surface area contributed by atoms with Crippen molar-refractivity contribution in [1.29, 1.82) is 0 Å². The van der Waals surface area contributed by atoms with Gasteiger partial charge in [0.1, 0.15) is 0 Å². The Balaban J connectivity index is 2.70. The first-order valence-electron chi connectivity index (χ1n) is 5.62. The van der Waals surface area contributed by atoms with Crippen LogP contribution in [0, 0.1) is 0 Å². The Kier molecular flexibility index (Phi) is 5.94. The Bertz CT molecular complexity index is 354. The van der Waals surface area contributed by atoms with E-state index in [4.69, 9.17) is 0 Å². The molecule has 0 bridgehead atoms. The second kappa shape index (κ2) is 7.29. The molecule has 1 aromatic carbocycles. The Morgan fingerprint density at radius 2 is 2.00 bits per heavy atom. The van der Waals surface area contributed by atoms with E-state index in [-0.39, 0.29) is 5.78 Å². The first-order chi connectivity index (χ1) is 7.77. The summed E-state index contributed by atoms with van der Waals surface area (Å²) in [5, 5.41) is 0. The molecule has 0 radical (unpaired) electrons. The van der Waals surface area contributed by atoms with E-state index >= 15 is 0 Å². The number of unbranched alkanes of at least 4 members (excludes halogenated alkanes) is 1. The zero-order valence-corrected chi connectivity index (χ0v) is 10.7. The van der Waals surface area contributed by atoms with Crippen LogP contribution < -0.4 is 0 Å². The largest absolute Gasteiger partial charge is 0.289 e. The molecule has 1 aromatic rings. The molecule has 0 heterocycles. The number of ketones is 1. The Morgan fingerprint density at radius 1 is 1.31 bits per heavy atom. The van der Waals surface area contributed by atoms with Crippen LogP contribution in [0.5, 0.6) is 0 Å². The van der Waals surface area contributed by atoms with Gasteiger partial charge in [0.2, 0.25) is 0 Å². The van der Waals surface area contributed by atoms with Crippen molar-refractivity contribution in [3.8, 4) is 0 Å². The van der Waals surface area contributed by atoms with E-state index in [1.54, 1.807) is 17.8 Å². The van der Waals surface area contributed by atoms with Gasteiger partial charge in [-0.3, -0.25) is 4.79 Å². The maximum Gasteiger partial charge on any atom is 0.186 e. The molecule has 1 rings (SSSR count). The normalized spacial score (nSPS) is 11.5. The van der Waals surface area contributed by atoms with Crippen LogP contribution in [0.2, 0.25) is 0 Å². The van der Waals surface area contributed by atoms with Crippen molar-refractivity contribution >= 4 is 17.5 Å². The van der Waals surface area contributed by atoms with E-state index in [0.29, 0.717) is 0 Å². The van der Waals surface area contributed by atoms with Gasteiger partial charge in [-0.2, -0.15) is 0 Å². The molecule has 0 saturated heterocycles. The van der Waals surface area contributed by atoms with E-state index in [9.17, 15) is 4.79 Å². The van der Waals surface area contributed by atoms with Gasteiger partial charge in [0.25, 0.3) is 0 Å². The Labute approximate surface area is 102 Å². The number of benzene rings is 1. The lowest BCUT2D eigenvalue weighted by Crippen LogP contribution is -1.95. The minimum absolute atomic E-state index is 0.112. The second-order valence-corrected chi connectivity index (χ2v) is 4.58. The van der Waals surface area contributed by atoms with Crippen LogP contribution in [0.1, 0.15) is 36.5 Å². The number of allylic oxidation sites excluding steroid dienone is 2. The molecule has 0 fully saturated rings. The maximum atomic E-state index is 11.9. The molecule has 0 unspecified atom stereocenters. The fraction of sp³-hybridized carbons (Fsp3) is 0.357. The van der Waals surface area contributed by atoms with Crippen LogP contribution in [-0.2, 0) is 0 Å². The summed E-state index contributed by atoms with van der Waals surface area (Å²) in [6, 6.07) is 9.43. The molecule has 0 saturated carbocycles. The van der Waals surface area contributed by atoms with Crippen molar-refractivity contribution in [1.82, 2.24) is 0 Å². The van der Waals surface area contributed by atoms with Crippen LogP contribution in [0.3, 0.4) is 0 Å². The molecule has 0 atom stereocenters. The SMILES string of the molecule is CCCC/C(=C\C(=O)c1ccccc1)SC. The Hall–Kier alpha value is -1.02. The highest BCUT2D eigenvalue weighted by molar-refractivity contribution is 8.02. The summed E-state index contributed by atoms with van der Waals surface area (Å²) >= 11 is 1.67. The van der Waals surface area contributed by atoms with E-state index in [1.807, 2.05) is 36.6 Å². The number of carbonyl (C=O) groups excluding carboxylic acids is 1. The van der Waals surface area contributed by atoms with Gasteiger partial charge < -0.3 is 0 Å². The van der Waals surface area contributed by atoms with Crippen molar-refractivity contribution in [2.24, 2.45) is 0 Å². The highest BCUT2D eigenvalue weighted by atomic mass is 32.2. The van der Waals surface area contributed by atoms with Crippen LogP contribution in [0.25, 0.3) is 0 Å². The summed E-state index contributed by atoms with van der Waals surface area (Å²) < 4.78 is 0. The summed E-state index contributed by atoms with van der Waals surface area (Å²) in [5.74, 6) is 0.112. The van der Waals surface area contributed by atoms with Gasteiger partial charge in [-0.1, -0.05) is 43.7 Å². The van der Waals surface area contributed by atoms with E-state index in [2.05, 4.69) is 6.92 Å². The highest BCUT2D eigenvalue weighted by Crippen LogP contribution is 2.19. The third kappa shape index (κ3) is 4.23. The topological polar surface area (TPSA) is 17.1 Å². The molecule has 86 valence electrons. The number of hydrogen-bond donors (Lipinski definition) is 0. The van der Waals surface area contributed by atoms with Gasteiger partial charge in [0.05, 0.1) is 0 Å². The van der Waals surface area contributed by atoms with Gasteiger partial charge in [-0.05, 0) is 30.1 Å². The summed E-state index contributed by atoms with van der Waals surface area (Å²) in [6.07, 6.45) is 7.12. The van der Waals surface area contributed by atoms with Crippen molar-refractivity contribution in [3.05, 3.63) is 46.9 Å². The molecule has 1 nitrogen and oxygen atoms in total. The molecular formula is C14H18OS. The predicted octanol–water partition coefficient (Wildman–Crippen LogP) is 4.31. The zero-order chi connectivity index (χ0) is 11.8. The molecule has 0 spiro atoms. The van der Waals surface area contributed by atoms with Gasteiger partial charge in [0, 0.05) is 5.56 Å². The summed E-state index contributed by atoms with van der Waals surface area (Å²) in [4.78, 5) is 13.1. The number of carbonyl (C=O) groups is 1. The van der Waals surface area contributed by atoms with E-state index < -0.39 is 0 Å². The molecule has 16 heavy (non-hydrogen) atoms. The molecule has 0 amide bonds.